The molecule has 0 spiro atoms. The van der Waals surface area contributed by atoms with Crippen LogP contribution in [0.4, 0.5) is 17.1 Å². The quantitative estimate of drug-likeness (QED) is 0.639. The predicted molar refractivity (Wildman–Crippen MR) is 99.8 cm³/mol. The molecule has 4 rings (SSSR count). The molecule has 1 aromatic carbocycles. The van der Waals surface area contributed by atoms with Crippen molar-refractivity contribution in [3.8, 4) is 0 Å². The maximum absolute atomic E-state index is 12.2. The van der Waals surface area contributed by atoms with E-state index < -0.39 is 24.4 Å². The van der Waals surface area contributed by atoms with Gasteiger partial charge in [0.25, 0.3) is 5.91 Å². The second kappa shape index (κ2) is 7.77. The SMILES string of the molecule is O=C(COC(=O)[C@@H]1CC(=O)N(Cc2ccco2)C1)Nc1cccc2c1N=S=N2. The Balaban J connectivity index is 1.28. The molecule has 2 aliphatic rings. The summed E-state index contributed by atoms with van der Waals surface area (Å²) in [6, 6.07) is 8.75. The number of anilines is 1. The molecule has 2 amide bonds. The molecule has 28 heavy (non-hydrogen) atoms. The van der Waals surface area contributed by atoms with Crippen LogP contribution in [-0.2, 0) is 37.0 Å². The Morgan fingerprint density at radius 1 is 1.29 bits per heavy atom. The third-order valence-corrected chi connectivity index (χ3v) is 4.92. The first-order valence-electron chi connectivity index (χ1n) is 8.58. The lowest BCUT2D eigenvalue weighted by atomic mass is 10.1. The van der Waals surface area contributed by atoms with Crippen molar-refractivity contribution < 1.29 is 23.5 Å². The van der Waals surface area contributed by atoms with Gasteiger partial charge in [0.2, 0.25) is 5.91 Å². The number of furan rings is 1. The van der Waals surface area contributed by atoms with Crippen molar-refractivity contribution in [3.05, 3.63) is 42.4 Å². The second-order valence-corrected chi connectivity index (χ2v) is 6.88. The number of benzene rings is 1. The van der Waals surface area contributed by atoms with Crippen LogP contribution in [0.5, 0.6) is 0 Å². The number of amides is 2. The summed E-state index contributed by atoms with van der Waals surface area (Å²) in [7, 11) is 0. The molecule has 2 aromatic rings. The number of rotatable bonds is 6. The van der Waals surface area contributed by atoms with Crippen molar-refractivity contribution in [1.29, 1.82) is 0 Å². The van der Waals surface area contributed by atoms with Gasteiger partial charge in [-0.25, -0.2) is 0 Å². The van der Waals surface area contributed by atoms with E-state index in [0.29, 0.717) is 29.4 Å². The lowest BCUT2D eigenvalue weighted by Gasteiger charge is -2.14. The van der Waals surface area contributed by atoms with Crippen molar-refractivity contribution in [2.45, 2.75) is 13.0 Å². The minimum Gasteiger partial charge on any atom is -0.467 e. The largest absolute Gasteiger partial charge is 0.467 e. The van der Waals surface area contributed by atoms with Crippen LogP contribution in [-0.4, -0.2) is 35.8 Å². The third-order valence-electron chi connectivity index (χ3n) is 4.38. The van der Waals surface area contributed by atoms with Gasteiger partial charge in [0.1, 0.15) is 17.1 Å². The fourth-order valence-electron chi connectivity index (χ4n) is 3.02. The summed E-state index contributed by atoms with van der Waals surface area (Å²) in [6.07, 6.45) is 1.59. The predicted octanol–water partition coefficient (Wildman–Crippen LogP) is 2.54. The lowest BCUT2D eigenvalue weighted by molar-refractivity contribution is -0.151. The van der Waals surface area contributed by atoms with Gasteiger partial charge in [-0.1, -0.05) is 6.07 Å². The van der Waals surface area contributed by atoms with E-state index in [1.807, 2.05) is 0 Å². The molecule has 0 saturated carbocycles. The summed E-state index contributed by atoms with van der Waals surface area (Å²) < 4.78 is 18.6. The Bertz CT molecular complexity index is 997. The monoisotopic (exact) mass is 400 g/mol. The highest BCUT2D eigenvalue weighted by atomic mass is 32.1. The van der Waals surface area contributed by atoms with E-state index in [4.69, 9.17) is 9.15 Å². The molecular weight excluding hydrogens is 384 g/mol. The Kier molecular flexibility index (Phi) is 5.02. The molecule has 9 nitrogen and oxygen atoms in total. The molecule has 1 aromatic heterocycles. The van der Waals surface area contributed by atoms with Gasteiger partial charge in [-0.15, -0.1) is 0 Å². The van der Waals surface area contributed by atoms with Gasteiger partial charge in [0, 0.05) is 13.0 Å². The van der Waals surface area contributed by atoms with Crippen LogP contribution in [0.1, 0.15) is 12.2 Å². The first-order valence-corrected chi connectivity index (χ1v) is 9.31. The van der Waals surface area contributed by atoms with Gasteiger partial charge in [-0.2, -0.15) is 8.73 Å². The van der Waals surface area contributed by atoms with Crippen LogP contribution in [0.2, 0.25) is 0 Å². The Morgan fingerprint density at radius 3 is 3.00 bits per heavy atom. The number of carbonyl (C=O) groups excluding carboxylic acids is 3. The average Bonchev–Trinajstić information content (AvgIpc) is 3.42. The van der Waals surface area contributed by atoms with Crippen molar-refractivity contribution >= 4 is 46.2 Å². The summed E-state index contributed by atoms with van der Waals surface area (Å²) in [4.78, 5) is 38.0. The zero-order valence-electron chi connectivity index (χ0n) is 14.7. The first kappa shape index (κ1) is 18.1. The molecule has 3 heterocycles. The van der Waals surface area contributed by atoms with Gasteiger partial charge >= 0.3 is 5.97 Å². The minimum absolute atomic E-state index is 0.0605. The van der Waals surface area contributed by atoms with Crippen molar-refractivity contribution in [2.75, 3.05) is 18.5 Å². The highest BCUT2D eigenvalue weighted by Crippen LogP contribution is 2.38. The normalized spacial score (nSPS) is 17.4. The lowest BCUT2D eigenvalue weighted by Crippen LogP contribution is -2.28. The molecule has 1 saturated heterocycles. The van der Waals surface area contributed by atoms with Gasteiger partial charge < -0.3 is 19.4 Å². The molecule has 10 heteroatoms. The van der Waals surface area contributed by atoms with E-state index in [0.717, 1.165) is 11.4 Å². The summed E-state index contributed by atoms with van der Waals surface area (Å²) in [5.74, 6) is -1.15. The number of ether oxygens (including phenoxy) is 1. The zero-order valence-corrected chi connectivity index (χ0v) is 15.5. The van der Waals surface area contributed by atoms with E-state index in [2.05, 4.69) is 14.0 Å². The topological polar surface area (TPSA) is 114 Å². The van der Waals surface area contributed by atoms with Crippen LogP contribution in [0.25, 0.3) is 0 Å². The fraction of sp³-hybridized carbons (Fsp3) is 0.278. The van der Waals surface area contributed by atoms with E-state index in [-0.39, 0.29) is 18.9 Å². The van der Waals surface area contributed by atoms with Crippen LogP contribution < -0.4 is 5.32 Å². The Morgan fingerprint density at radius 2 is 2.18 bits per heavy atom. The summed E-state index contributed by atoms with van der Waals surface area (Å²) in [5, 5.41) is 2.66. The highest BCUT2D eigenvalue weighted by Gasteiger charge is 2.35. The molecule has 0 unspecified atom stereocenters. The number of nitrogens with one attached hydrogen (secondary N) is 1. The number of fused-ring (bicyclic) bond motifs is 1. The molecule has 0 bridgehead atoms. The van der Waals surface area contributed by atoms with Crippen LogP contribution in [0, 0.1) is 5.92 Å². The molecule has 1 atom stereocenters. The maximum atomic E-state index is 12.2. The number of nitrogens with zero attached hydrogens (tertiary/aromatic N) is 3. The number of esters is 1. The number of likely N-dealkylation sites (tertiary alicyclic amines) is 1. The summed E-state index contributed by atoms with van der Waals surface area (Å²) in [6.45, 7) is 0.112. The van der Waals surface area contributed by atoms with E-state index in [9.17, 15) is 14.4 Å². The second-order valence-electron chi connectivity index (χ2n) is 6.35. The van der Waals surface area contributed by atoms with E-state index >= 15 is 0 Å². The van der Waals surface area contributed by atoms with Crippen molar-refractivity contribution in [3.63, 3.8) is 0 Å². The number of hydrogen-bond acceptors (Lipinski definition) is 7. The molecule has 0 aliphatic carbocycles. The average molecular weight is 400 g/mol. The molecule has 2 aliphatic heterocycles. The van der Waals surface area contributed by atoms with Gasteiger partial charge in [0.15, 0.2) is 6.61 Å². The number of carbonyl (C=O) groups is 3. The Hall–Kier alpha value is -3.27. The molecule has 0 radical (unpaired) electrons. The fourth-order valence-corrected chi connectivity index (χ4v) is 3.57. The standard InChI is InChI=1S/C18H16N4O5S/c23-15(19-13-4-1-5-14-17(13)21-28-20-14)10-27-18(25)11-7-16(24)22(8-11)9-12-3-2-6-26-12/h1-6,11H,7-10H2,(H,19,23)/t11-/m1/s1. The Labute approximate surface area is 163 Å². The smallest absolute Gasteiger partial charge is 0.311 e. The third kappa shape index (κ3) is 3.86. The van der Waals surface area contributed by atoms with Crippen LogP contribution >= 0.6 is 0 Å². The summed E-state index contributed by atoms with van der Waals surface area (Å²) >= 11 is 1.05. The van der Waals surface area contributed by atoms with E-state index in [1.165, 1.54) is 6.26 Å². The maximum Gasteiger partial charge on any atom is 0.311 e. The molecular formula is C18H16N4O5S. The first-order chi connectivity index (χ1) is 13.6. The molecule has 1 N–H and O–H groups in total. The summed E-state index contributed by atoms with van der Waals surface area (Å²) in [5.41, 5.74) is 1.77. The molecule has 144 valence electrons. The van der Waals surface area contributed by atoms with Crippen molar-refractivity contribution in [1.82, 2.24) is 4.90 Å². The number of hydrogen-bond donors (Lipinski definition) is 1. The highest BCUT2D eigenvalue weighted by molar-refractivity contribution is 7.58. The van der Waals surface area contributed by atoms with Gasteiger partial charge in [0.05, 0.1) is 35.8 Å². The molecule has 1 fully saturated rings. The van der Waals surface area contributed by atoms with Crippen LogP contribution in [0.15, 0.2) is 49.7 Å². The van der Waals surface area contributed by atoms with Gasteiger partial charge in [-0.05, 0) is 24.3 Å². The zero-order chi connectivity index (χ0) is 19.5. The van der Waals surface area contributed by atoms with Crippen LogP contribution in [0.3, 0.4) is 0 Å². The van der Waals surface area contributed by atoms with Gasteiger partial charge in [-0.3, -0.25) is 14.4 Å². The minimum atomic E-state index is -0.596. The van der Waals surface area contributed by atoms with E-state index in [1.54, 1.807) is 35.2 Å². The van der Waals surface area contributed by atoms with Crippen molar-refractivity contribution in [2.24, 2.45) is 14.6 Å².